The van der Waals surface area contributed by atoms with E-state index in [4.69, 9.17) is 30.5 Å². The van der Waals surface area contributed by atoms with Crippen molar-refractivity contribution in [1.29, 1.82) is 0 Å². The van der Waals surface area contributed by atoms with Crippen LogP contribution in [-0.4, -0.2) is 73.7 Å². The molecule has 6 rings (SSSR count). The summed E-state index contributed by atoms with van der Waals surface area (Å²) in [6.45, 7) is 0.406. The number of ether oxygens (including phenoxy) is 4. The van der Waals surface area contributed by atoms with Gasteiger partial charge in [-0.25, -0.2) is 0 Å². The Balaban J connectivity index is 1.42. The van der Waals surface area contributed by atoms with Crippen molar-refractivity contribution in [3.05, 3.63) is 80.7 Å². The lowest BCUT2D eigenvalue weighted by Crippen LogP contribution is -2.58. The number of piperidine rings is 1. The van der Waals surface area contributed by atoms with Gasteiger partial charge in [-0.15, -0.1) is 0 Å². The highest BCUT2D eigenvalue weighted by Crippen LogP contribution is 2.30. The van der Waals surface area contributed by atoms with Gasteiger partial charge in [0.15, 0.2) is 18.1 Å². The highest BCUT2D eigenvalue weighted by atomic mass is 35.5. The summed E-state index contributed by atoms with van der Waals surface area (Å²) >= 11 is 5.95. The first-order chi connectivity index (χ1) is 21.2. The van der Waals surface area contributed by atoms with Crippen LogP contribution in [0.1, 0.15) is 34.3 Å². The number of hydrogen-bond donors (Lipinski definition) is 3. The quantitative estimate of drug-likeness (QED) is 0.403. The minimum Gasteiger partial charge on any atom is -0.496 e. The summed E-state index contributed by atoms with van der Waals surface area (Å²) < 4.78 is 23.2. The molecule has 3 amide bonds. The van der Waals surface area contributed by atoms with Gasteiger partial charge in [-0.1, -0.05) is 17.7 Å². The number of hydrogen-bond acceptors (Lipinski definition) is 8. The van der Waals surface area contributed by atoms with Gasteiger partial charge in [0.25, 0.3) is 17.4 Å². The summed E-state index contributed by atoms with van der Waals surface area (Å²) in [5.41, 5.74) is 1.34. The molecule has 4 bridgehead atoms. The lowest BCUT2D eigenvalue weighted by atomic mass is 10.0. The Morgan fingerprint density at radius 2 is 1.82 bits per heavy atom. The number of aromatic amines is 1. The van der Waals surface area contributed by atoms with Crippen molar-refractivity contribution < 1.29 is 33.3 Å². The molecule has 1 saturated heterocycles. The summed E-state index contributed by atoms with van der Waals surface area (Å²) in [4.78, 5) is 54.9. The van der Waals surface area contributed by atoms with E-state index < -0.39 is 23.6 Å². The maximum Gasteiger partial charge on any atom is 0.266 e. The smallest absolute Gasteiger partial charge is 0.266 e. The van der Waals surface area contributed by atoms with Crippen molar-refractivity contribution in [3.63, 3.8) is 0 Å². The molecule has 232 valence electrons. The van der Waals surface area contributed by atoms with E-state index in [9.17, 15) is 19.2 Å². The van der Waals surface area contributed by atoms with Crippen LogP contribution in [0.2, 0.25) is 5.02 Å². The average Bonchev–Trinajstić information content (AvgIpc) is 3.03. The number of nitrogens with zero attached hydrogens (tertiary/aromatic N) is 1. The Labute approximate surface area is 258 Å². The van der Waals surface area contributed by atoms with Crippen molar-refractivity contribution in [2.24, 2.45) is 0 Å². The SMILES string of the molecule is COc1cc2ccc1CNC(=O)CCc1ccc(OC)c(c1)OCC(=O)N[C@@H]1CN(C(=O)c3c[nH]c(=O)c(Cl)c3)CC[C@@H]1O2. The van der Waals surface area contributed by atoms with E-state index in [1.54, 1.807) is 29.2 Å². The minimum atomic E-state index is -0.609. The predicted molar refractivity (Wildman–Crippen MR) is 161 cm³/mol. The molecule has 0 unspecified atom stereocenters. The molecule has 0 radical (unpaired) electrons. The standard InChI is InChI=1S/C31H33ClN4O8/c1-41-25-7-3-18-4-8-28(37)33-14-19-5-6-21(13-26(19)42-2)44-24-9-10-36(31(40)20-12-22(32)30(39)34-15-20)16-23(24)35-29(38)17-43-27(25)11-18/h3,5-7,11-13,15,23-24H,4,8-10,14,16-17H2,1-2H3,(H,33,37)(H,34,39)(H,35,38)/t23-,24+/m1/s1. The Morgan fingerprint density at radius 3 is 2.59 bits per heavy atom. The van der Waals surface area contributed by atoms with E-state index in [1.165, 1.54) is 26.5 Å². The van der Waals surface area contributed by atoms with Crippen LogP contribution in [0.5, 0.6) is 23.0 Å². The number of aromatic nitrogens is 1. The van der Waals surface area contributed by atoms with E-state index >= 15 is 0 Å². The molecule has 2 aromatic carbocycles. The number of H-pyrrole nitrogens is 1. The highest BCUT2D eigenvalue weighted by Gasteiger charge is 2.35. The van der Waals surface area contributed by atoms with Gasteiger partial charge in [0, 0.05) is 50.3 Å². The number of amides is 3. The molecule has 3 aromatic rings. The Hall–Kier alpha value is -4.71. The van der Waals surface area contributed by atoms with E-state index in [0.717, 1.165) is 11.1 Å². The Kier molecular flexibility index (Phi) is 9.59. The van der Waals surface area contributed by atoms with Gasteiger partial charge < -0.3 is 39.5 Å². The third kappa shape index (κ3) is 7.25. The van der Waals surface area contributed by atoms with E-state index in [0.29, 0.717) is 42.4 Å². The number of methoxy groups -OCH3 is 2. The Bertz CT molecular complexity index is 1610. The molecule has 1 fully saturated rings. The normalized spacial score (nSPS) is 19.1. The van der Waals surface area contributed by atoms with Gasteiger partial charge in [-0.05, 0) is 42.3 Å². The van der Waals surface area contributed by atoms with Gasteiger partial charge in [0.1, 0.15) is 22.6 Å². The van der Waals surface area contributed by atoms with Crippen LogP contribution in [0.15, 0.2) is 53.5 Å². The van der Waals surface area contributed by atoms with E-state index in [2.05, 4.69) is 15.6 Å². The first-order valence-electron chi connectivity index (χ1n) is 14.1. The molecule has 2 atom stereocenters. The number of aryl methyl sites for hydroxylation is 1. The number of pyridine rings is 1. The van der Waals surface area contributed by atoms with Crippen LogP contribution in [0.4, 0.5) is 0 Å². The van der Waals surface area contributed by atoms with Crippen LogP contribution < -0.4 is 35.1 Å². The largest absolute Gasteiger partial charge is 0.496 e. The zero-order chi connectivity index (χ0) is 31.2. The molecular weight excluding hydrogens is 592 g/mol. The second-order valence-electron chi connectivity index (χ2n) is 10.5. The predicted octanol–water partition coefficient (Wildman–Crippen LogP) is 2.47. The fourth-order valence-electron chi connectivity index (χ4n) is 5.20. The Morgan fingerprint density at radius 1 is 1.00 bits per heavy atom. The van der Waals surface area contributed by atoms with Gasteiger partial charge in [0.2, 0.25) is 5.91 Å². The van der Waals surface area contributed by atoms with Crippen LogP contribution in [0.3, 0.4) is 0 Å². The van der Waals surface area contributed by atoms with Crippen LogP contribution in [0.25, 0.3) is 0 Å². The number of carbonyl (C=O) groups excluding carboxylic acids is 3. The molecule has 3 aliphatic rings. The van der Waals surface area contributed by atoms with Gasteiger partial charge >= 0.3 is 0 Å². The summed E-state index contributed by atoms with van der Waals surface area (Å²) in [7, 11) is 3.04. The van der Waals surface area contributed by atoms with E-state index in [1.807, 2.05) is 12.1 Å². The molecule has 0 aliphatic carbocycles. The van der Waals surface area contributed by atoms with Crippen molar-refractivity contribution in [2.75, 3.05) is 33.9 Å². The monoisotopic (exact) mass is 624 g/mol. The fraction of sp³-hybridized carbons (Fsp3) is 0.355. The van der Waals surface area contributed by atoms with Gasteiger partial charge in [0.05, 0.1) is 25.8 Å². The lowest BCUT2D eigenvalue weighted by molar-refractivity contribution is -0.125. The van der Waals surface area contributed by atoms with Crippen molar-refractivity contribution in [3.8, 4) is 23.0 Å². The van der Waals surface area contributed by atoms with Crippen LogP contribution in [-0.2, 0) is 22.6 Å². The average molecular weight is 625 g/mol. The number of likely N-dealkylation sites (tertiary alicyclic amines) is 1. The van der Waals surface area contributed by atoms with Crippen molar-refractivity contribution in [1.82, 2.24) is 20.5 Å². The third-order valence-electron chi connectivity index (χ3n) is 7.54. The maximum absolute atomic E-state index is 13.3. The van der Waals surface area contributed by atoms with Crippen LogP contribution in [0, 0.1) is 0 Å². The second-order valence-corrected chi connectivity index (χ2v) is 10.9. The minimum absolute atomic E-state index is 0.0945. The van der Waals surface area contributed by atoms with Crippen molar-refractivity contribution in [2.45, 2.75) is 38.0 Å². The summed E-state index contributed by atoms with van der Waals surface area (Å²) in [6.07, 6.45) is 1.91. The molecule has 0 spiro atoms. The highest BCUT2D eigenvalue weighted by molar-refractivity contribution is 6.30. The number of nitrogens with one attached hydrogen (secondary N) is 3. The van der Waals surface area contributed by atoms with Gasteiger partial charge in [-0.2, -0.15) is 0 Å². The molecule has 4 heterocycles. The molecule has 3 aliphatic heterocycles. The summed E-state index contributed by atoms with van der Waals surface area (Å²) in [5.74, 6) is 0.946. The zero-order valence-corrected chi connectivity index (χ0v) is 25.1. The summed E-state index contributed by atoms with van der Waals surface area (Å²) in [6, 6.07) is 11.4. The zero-order valence-electron chi connectivity index (χ0n) is 24.3. The molecule has 12 nitrogen and oxygen atoms in total. The number of fused-ring (bicyclic) bond motifs is 9. The molecule has 0 saturated carbocycles. The van der Waals surface area contributed by atoms with Gasteiger partial charge in [-0.3, -0.25) is 19.2 Å². The fourth-order valence-corrected chi connectivity index (χ4v) is 5.37. The molecule has 44 heavy (non-hydrogen) atoms. The van der Waals surface area contributed by atoms with Crippen LogP contribution >= 0.6 is 11.6 Å². The van der Waals surface area contributed by atoms with Crippen molar-refractivity contribution >= 4 is 29.3 Å². The number of benzene rings is 2. The molecule has 1 aromatic heterocycles. The maximum atomic E-state index is 13.3. The second kappa shape index (κ2) is 13.7. The lowest BCUT2D eigenvalue weighted by Gasteiger charge is -2.39. The topological polar surface area (TPSA) is 148 Å². The first-order valence-corrected chi connectivity index (χ1v) is 14.5. The van der Waals surface area contributed by atoms with E-state index in [-0.39, 0.29) is 48.5 Å². The number of rotatable bonds is 3. The number of carbonyl (C=O) groups is 3. The molecule has 3 N–H and O–H groups in total. The molecular formula is C31H33ClN4O8. The third-order valence-corrected chi connectivity index (χ3v) is 7.82. The molecule has 13 heteroatoms. The summed E-state index contributed by atoms with van der Waals surface area (Å²) in [5, 5.41) is 5.80. The number of halogens is 1. The first kappa shape index (κ1) is 30.7.